The minimum absolute atomic E-state index is 0.0567. The summed E-state index contributed by atoms with van der Waals surface area (Å²) in [6, 6.07) is 1.56. The number of aliphatic hydroxyl groups excluding tert-OH is 1. The third-order valence-electron chi connectivity index (χ3n) is 4.60. The summed E-state index contributed by atoms with van der Waals surface area (Å²) in [5, 5.41) is 12.6. The van der Waals surface area contributed by atoms with Crippen molar-refractivity contribution in [2.24, 2.45) is 0 Å². The summed E-state index contributed by atoms with van der Waals surface area (Å²) >= 11 is 0. The van der Waals surface area contributed by atoms with Crippen LogP contribution in [0.2, 0.25) is 0 Å². The van der Waals surface area contributed by atoms with E-state index in [4.69, 9.17) is 4.74 Å². The second-order valence-corrected chi connectivity index (χ2v) is 7.07. The van der Waals surface area contributed by atoms with E-state index in [1.54, 1.807) is 0 Å². The molecule has 174 valence electrons. The number of ether oxygens (including phenoxy) is 2. The lowest BCUT2D eigenvalue weighted by Gasteiger charge is -2.23. The number of cyclic esters (lactones) is 1. The molecule has 0 aliphatic carbocycles. The number of nitrogens with zero attached hydrogens (tertiary/aromatic N) is 3. The molecule has 2 heterocycles. The molecule has 1 amide bonds. The third kappa shape index (κ3) is 5.33. The monoisotopic (exact) mass is 462 g/mol. The first kappa shape index (κ1) is 23.4. The molecule has 1 aliphatic rings. The van der Waals surface area contributed by atoms with Crippen LogP contribution < -0.4 is 15.0 Å². The van der Waals surface area contributed by atoms with E-state index in [1.807, 2.05) is 0 Å². The molecule has 1 saturated heterocycles. The van der Waals surface area contributed by atoms with E-state index in [1.165, 1.54) is 26.0 Å². The van der Waals surface area contributed by atoms with Crippen LogP contribution in [0.25, 0.3) is 0 Å². The molecule has 8 nitrogen and oxygen atoms in total. The number of benzene rings is 1. The van der Waals surface area contributed by atoms with Crippen molar-refractivity contribution in [1.82, 2.24) is 9.97 Å². The number of aliphatic hydroxyl groups is 1. The molecule has 1 aliphatic heterocycles. The number of aromatic nitrogens is 2. The zero-order valence-electron chi connectivity index (χ0n) is 16.9. The van der Waals surface area contributed by atoms with Gasteiger partial charge >= 0.3 is 12.3 Å². The molecule has 0 radical (unpaired) electrons. The Kier molecular flexibility index (Phi) is 6.67. The van der Waals surface area contributed by atoms with Gasteiger partial charge in [-0.15, -0.1) is 0 Å². The maximum absolute atomic E-state index is 14.4. The first-order chi connectivity index (χ1) is 15.0. The largest absolute Gasteiger partial charge is 0.484 e. The average molecular weight is 462 g/mol. The highest BCUT2D eigenvalue weighted by Crippen LogP contribution is 2.29. The van der Waals surface area contributed by atoms with Crippen molar-refractivity contribution in [2.45, 2.75) is 38.2 Å². The number of anilines is 2. The Hall–Kier alpha value is -3.22. The summed E-state index contributed by atoms with van der Waals surface area (Å²) < 4.78 is 74.8. The van der Waals surface area contributed by atoms with Gasteiger partial charge in [0.05, 0.1) is 18.3 Å². The number of nitrogens with one attached hydrogen (secondary N) is 1. The van der Waals surface area contributed by atoms with Gasteiger partial charge in [-0.1, -0.05) is 6.07 Å². The molecule has 0 unspecified atom stereocenters. The number of alkyl halides is 3. The number of carbonyl (C=O) groups is 1. The molecule has 0 bridgehead atoms. The van der Waals surface area contributed by atoms with Gasteiger partial charge in [0.25, 0.3) is 0 Å². The highest BCUT2D eigenvalue weighted by Gasteiger charge is 2.40. The van der Waals surface area contributed by atoms with Gasteiger partial charge < -0.3 is 19.9 Å². The van der Waals surface area contributed by atoms with Crippen molar-refractivity contribution >= 4 is 17.9 Å². The van der Waals surface area contributed by atoms with Crippen LogP contribution in [-0.4, -0.2) is 52.7 Å². The number of halogens is 5. The van der Waals surface area contributed by atoms with Gasteiger partial charge in [0.15, 0.2) is 18.2 Å². The molecule has 32 heavy (non-hydrogen) atoms. The van der Waals surface area contributed by atoms with Gasteiger partial charge in [0.1, 0.15) is 24.2 Å². The van der Waals surface area contributed by atoms with Crippen LogP contribution in [0.4, 0.5) is 38.5 Å². The molecule has 1 aromatic heterocycles. The van der Waals surface area contributed by atoms with Crippen molar-refractivity contribution in [1.29, 1.82) is 0 Å². The normalized spacial score (nSPS) is 18.3. The first-order valence-corrected chi connectivity index (χ1v) is 9.38. The van der Waals surface area contributed by atoms with E-state index in [-0.39, 0.29) is 23.9 Å². The molecule has 2 N–H and O–H groups in total. The summed E-state index contributed by atoms with van der Waals surface area (Å²) in [6.07, 6.45) is -5.69. The minimum atomic E-state index is -4.56. The molecule has 0 saturated carbocycles. The predicted octanol–water partition coefficient (Wildman–Crippen LogP) is 3.58. The van der Waals surface area contributed by atoms with Crippen molar-refractivity contribution in [3.8, 4) is 5.75 Å². The van der Waals surface area contributed by atoms with Gasteiger partial charge in [-0.25, -0.2) is 23.5 Å². The lowest BCUT2D eigenvalue weighted by atomic mass is 10.1. The van der Waals surface area contributed by atoms with Crippen LogP contribution >= 0.6 is 0 Å². The molecule has 0 spiro atoms. The SMILES string of the molecule is C[C@H](Nc1ncc(F)c(N2C(=O)OC[C@@H]2[C@@H](C)O)n1)c1ccc(OCC(F)(F)F)cc1F. The smallest absolute Gasteiger partial charge is 0.422 e. The Labute approximate surface area is 179 Å². The van der Waals surface area contributed by atoms with Crippen LogP contribution in [0.3, 0.4) is 0 Å². The summed E-state index contributed by atoms with van der Waals surface area (Å²) in [5.41, 5.74) is 0.0567. The van der Waals surface area contributed by atoms with E-state index < -0.39 is 54.5 Å². The third-order valence-corrected chi connectivity index (χ3v) is 4.60. The van der Waals surface area contributed by atoms with Crippen LogP contribution in [-0.2, 0) is 4.74 Å². The van der Waals surface area contributed by atoms with E-state index in [2.05, 4.69) is 20.0 Å². The van der Waals surface area contributed by atoms with Gasteiger partial charge in [0, 0.05) is 11.6 Å². The highest BCUT2D eigenvalue weighted by atomic mass is 19.4. The summed E-state index contributed by atoms with van der Waals surface area (Å²) in [4.78, 5) is 20.6. The van der Waals surface area contributed by atoms with E-state index in [9.17, 15) is 31.9 Å². The summed E-state index contributed by atoms with van der Waals surface area (Å²) in [7, 11) is 0. The van der Waals surface area contributed by atoms with E-state index in [0.29, 0.717) is 0 Å². The molecule has 13 heteroatoms. The van der Waals surface area contributed by atoms with Crippen LogP contribution in [0.15, 0.2) is 24.4 Å². The number of hydrogen-bond donors (Lipinski definition) is 2. The van der Waals surface area contributed by atoms with Gasteiger partial charge in [-0.05, 0) is 19.9 Å². The maximum Gasteiger partial charge on any atom is 0.422 e. The lowest BCUT2D eigenvalue weighted by molar-refractivity contribution is -0.153. The van der Waals surface area contributed by atoms with Crippen LogP contribution in [0.1, 0.15) is 25.5 Å². The number of hydrogen-bond acceptors (Lipinski definition) is 7. The number of amides is 1. The Bertz CT molecular complexity index is 989. The second-order valence-electron chi connectivity index (χ2n) is 7.07. The fourth-order valence-corrected chi connectivity index (χ4v) is 3.02. The number of rotatable bonds is 7. The zero-order chi connectivity index (χ0) is 23.6. The Morgan fingerprint density at radius 2 is 2.03 bits per heavy atom. The molecule has 1 fully saturated rings. The highest BCUT2D eigenvalue weighted by molar-refractivity contribution is 5.89. The standard InChI is InChI=1S/C19H19F5N4O4/c1-9(12-4-3-11(5-13(12)20)32-8-19(22,23)24)26-17-25-6-14(21)16(27-17)28-15(10(2)29)7-31-18(28)30/h3-6,9-10,15,29H,7-8H2,1-2H3,(H,25,26,27)/t9-,10+,15+/m0/s1. The van der Waals surface area contributed by atoms with Crippen molar-refractivity contribution in [3.05, 3.63) is 41.6 Å². The quantitative estimate of drug-likeness (QED) is 0.608. The van der Waals surface area contributed by atoms with Gasteiger partial charge in [0.2, 0.25) is 5.95 Å². The molecule has 3 rings (SSSR count). The summed E-state index contributed by atoms with van der Waals surface area (Å²) in [5.74, 6) is -2.67. The van der Waals surface area contributed by atoms with Crippen LogP contribution in [0.5, 0.6) is 5.75 Å². The molecular formula is C19H19F5N4O4. The predicted molar refractivity (Wildman–Crippen MR) is 101 cm³/mol. The van der Waals surface area contributed by atoms with Crippen molar-refractivity contribution < 1.29 is 41.3 Å². The minimum Gasteiger partial charge on any atom is -0.484 e. The first-order valence-electron chi connectivity index (χ1n) is 9.38. The Morgan fingerprint density at radius 1 is 1.31 bits per heavy atom. The fourth-order valence-electron chi connectivity index (χ4n) is 3.02. The average Bonchev–Trinajstić information content (AvgIpc) is 3.09. The topological polar surface area (TPSA) is 96.8 Å². The zero-order valence-corrected chi connectivity index (χ0v) is 16.9. The van der Waals surface area contributed by atoms with Crippen molar-refractivity contribution in [3.63, 3.8) is 0 Å². The number of carbonyl (C=O) groups excluding carboxylic acids is 1. The fraction of sp³-hybridized carbons (Fsp3) is 0.421. The molecule has 2 aromatic rings. The molecule has 3 atom stereocenters. The molecule has 1 aromatic carbocycles. The Morgan fingerprint density at radius 3 is 2.66 bits per heavy atom. The van der Waals surface area contributed by atoms with Crippen LogP contribution in [0, 0.1) is 11.6 Å². The summed E-state index contributed by atoms with van der Waals surface area (Å²) in [6.45, 7) is 1.21. The lowest BCUT2D eigenvalue weighted by Crippen LogP contribution is -2.42. The second kappa shape index (κ2) is 9.10. The Balaban J connectivity index is 1.78. The van der Waals surface area contributed by atoms with E-state index in [0.717, 1.165) is 17.2 Å². The molecular weight excluding hydrogens is 443 g/mol. The van der Waals surface area contributed by atoms with E-state index >= 15 is 0 Å². The maximum atomic E-state index is 14.4. The van der Waals surface area contributed by atoms with Crippen molar-refractivity contribution in [2.75, 3.05) is 23.4 Å². The van der Waals surface area contributed by atoms with Gasteiger partial charge in [-0.3, -0.25) is 0 Å². The van der Waals surface area contributed by atoms with Gasteiger partial charge in [-0.2, -0.15) is 18.2 Å².